The minimum atomic E-state index is -0.481. The van der Waals surface area contributed by atoms with Crippen LogP contribution < -0.4 is 0 Å². The summed E-state index contributed by atoms with van der Waals surface area (Å²) in [5.41, 5.74) is 0.611. The van der Waals surface area contributed by atoms with Gasteiger partial charge in [-0.1, -0.05) is 0 Å². The minimum absolute atomic E-state index is 0.187. The van der Waals surface area contributed by atoms with Crippen LogP contribution >= 0.6 is 11.6 Å². The Hall–Kier alpha value is -0.710. The van der Waals surface area contributed by atoms with Crippen molar-refractivity contribution in [2.24, 2.45) is 0 Å². The van der Waals surface area contributed by atoms with Gasteiger partial charge in [0.05, 0.1) is 0 Å². The molecule has 0 spiro atoms. The lowest BCUT2D eigenvalue weighted by molar-refractivity contribution is -0.108. The Morgan fingerprint density at radius 2 is 2.08 bits per heavy atom. The molecule has 0 aliphatic carbocycles. The maximum Gasteiger partial charge on any atom is 0.222 e. The summed E-state index contributed by atoms with van der Waals surface area (Å²) in [4.78, 5) is 7.65. The topological polar surface area (TPSA) is 44.2 Å². The predicted octanol–water partition coefficient (Wildman–Crippen LogP) is 1.42. The van der Waals surface area contributed by atoms with Gasteiger partial charge in [0, 0.05) is 20.4 Å². The van der Waals surface area contributed by atoms with E-state index in [0.29, 0.717) is 5.69 Å². The SMILES string of the molecule is COC(OC)c1ccnc(Cl)n1. The van der Waals surface area contributed by atoms with Gasteiger partial charge < -0.3 is 9.47 Å². The summed E-state index contributed by atoms with van der Waals surface area (Å²) in [5, 5.41) is 0.187. The average Bonchev–Trinajstić information content (AvgIpc) is 2.07. The van der Waals surface area contributed by atoms with E-state index < -0.39 is 6.29 Å². The van der Waals surface area contributed by atoms with Gasteiger partial charge in [0.15, 0.2) is 0 Å². The number of halogens is 1. The highest BCUT2D eigenvalue weighted by Crippen LogP contribution is 2.14. The molecule has 4 nitrogen and oxygen atoms in total. The quantitative estimate of drug-likeness (QED) is 0.532. The number of methoxy groups -OCH3 is 2. The predicted molar refractivity (Wildman–Crippen MR) is 43.8 cm³/mol. The average molecular weight is 189 g/mol. The summed E-state index contributed by atoms with van der Waals surface area (Å²) in [5.74, 6) is 0. The maximum atomic E-state index is 5.57. The first-order valence-corrected chi connectivity index (χ1v) is 3.69. The highest BCUT2D eigenvalue weighted by Gasteiger charge is 2.10. The third kappa shape index (κ3) is 2.14. The number of hydrogen-bond acceptors (Lipinski definition) is 4. The summed E-state index contributed by atoms with van der Waals surface area (Å²) >= 11 is 5.57. The summed E-state index contributed by atoms with van der Waals surface area (Å²) in [6, 6.07) is 1.68. The second-order valence-electron chi connectivity index (χ2n) is 2.05. The molecule has 1 rings (SSSR count). The van der Waals surface area contributed by atoms with Gasteiger partial charge in [0.25, 0.3) is 0 Å². The molecule has 0 atom stereocenters. The van der Waals surface area contributed by atoms with E-state index in [9.17, 15) is 0 Å². The smallest absolute Gasteiger partial charge is 0.222 e. The lowest BCUT2D eigenvalue weighted by atomic mass is 10.4. The monoisotopic (exact) mass is 188 g/mol. The van der Waals surface area contributed by atoms with E-state index in [1.807, 2.05) is 0 Å². The van der Waals surface area contributed by atoms with Crippen molar-refractivity contribution < 1.29 is 9.47 Å². The Balaban J connectivity index is 2.85. The van der Waals surface area contributed by atoms with Crippen molar-refractivity contribution in [3.05, 3.63) is 23.2 Å². The van der Waals surface area contributed by atoms with Crippen molar-refractivity contribution in [1.82, 2.24) is 9.97 Å². The van der Waals surface area contributed by atoms with Crippen molar-refractivity contribution >= 4 is 11.6 Å². The third-order valence-corrected chi connectivity index (χ3v) is 1.50. The van der Waals surface area contributed by atoms with Crippen LogP contribution in [0.5, 0.6) is 0 Å². The first-order chi connectivity index (χ1) is 5.77. The zero-order valence-electron chi connectivity index (χ0n) is 6.82. The van der Waals surface area contributed by atoms with Crippen LogP contribution in [0.2, 0.25) is 5.28 Å². The van der Waals surface area contributed by atoms with Gasteiger partial charge in [-0.15, -0.1) is 0 Å². The number of aromatic nitrogens is 2. The normalized spacial score (nSPS) is 10.7. The molecule has 1 heterocycles. The van der Waals surface area contributed by atoms with Gasteiger partial charge >= 0.3 is 0 Å². The summed E-state index contributed by atoms with van der Waals surface area (Å²) < 4.78 is 9.94. The summed E-state index contributed by atoms with van der Waals surface area (Å²) in [6.07, 6.45) is 1.07. The molecule has 0 aliphatic rings. The Morgan fingerprint density at radius 1 is 1.42 bits per heavy atom. The van der Waals surface area contributed by atoms with Crippen molar-refractivity contribution in [1.29, 1.82) is 0 Å². The molecule has 0 saturated carbocycles. The van der Waals surface area contributed by atoms with Crippen LogP contribution in [0.15, 0.2) is 12.3 Å². The van der Waals surface area contributed by atoms with E-state index in [4.69, 9.17) is 21.1 Å². The molecular formula is C7H9ClN2O2. The Kier molecular flexibility index (Phi) is 3.40. The van der Waals surface area contributed by atoms with Gasteiger partial charge in [-0.25, -0.2) is 9.97 Å². The molecule has 0 amide bonds. The summed E-state index contributed by atoms with van der Waals surface area (Å²) in [7, 11) is 3.06. The molecular weight excluding hydrogens is 180 g/mol. The first-order valence-electron chi connectivity index (χ1n) is 3.32. The summed E-state index contributed by atoms with van der Waals surface area (Å²) in [6.45, 7) is 0. The number of hydrogen-bond donors (Lipinski definition) is 0. The molecule has 1 aromatic rings. The zero-order valence-corrected chi connectivity index (χ0v) is 7.58. The van der Waals surface area contributed by atoms with Gasteiger partial charge in [0.1, 0.15) is 5.69 Å². The van der Waals surface area contributed by atoms with Crippen LogP contribution in [-0.4, -0.2) is 24.2 Å². The number of rotatable bonds is 3. The molecule has 1 aromatic heterocycles. The van der Waals surface area contributed by atoms with E-state index in [1.54, 1.807) is 12.3 Å². The largest absolute Gasteiger partial charge is 0.350 e. The highest BCUT2D eigenvalue weighted by molar-refractivity contribution is 6.28. The standard InChI is InChI=1S/C7H9ClN2O2/c1-11-6(12-2)5-3-4-9-7(8)10-5/h3-4,6H,1-2H3. The second-order valence-corrected chi connectivity index (χ2v) is 2.39. The van der Waals surface area contributed by atoms with Crippen LogP contribution in [0.1, 0.15) is 12.0 Å². The Labute approximate surface area is 75.5 Å². The molecule has 0 bridgehead atoms. The van der Waals surface area contributed by atoms with E-state index >= 15 is 0 Å². The van der Waals surface area contributed by atoms with Crippen LogP contribution in [0.25, 0.3) is 0 Å². The fourth-order valence-corrected chi connectivity index (χ4v) is 0.971. The van der Waals surface area contributed by atoms with Crippen molar-refractivity contribution in [2.75, 3.05) is 14.2 Å². The molecule has 5 heteroatoms. The second kappa shape index (κ2) is 4.35. The van der Waals surface area contributed by atoms with Gasteiger partial charge in [0.2, 0.25) is 11.6 Å². The molecule has 0 aromatic carbocycles. The van der Waals surface area contributed by atoms with Gasteiger partial charge in [-0.3, -0.25) is 0 Å². The fraction of sp³-hybridized carbons (Fsp3) is 0.429. The van der Waals surface area contributed by atoms with Crippen LogP contribution in [0, 0.1) is 0 Å². The highest BCUT2D eigenvalue weighted by atomic mass is 35.5. The fourth-order valence-electron chi connectivity index (χ4n) is 0.817. The van der Waals surface area contributed by atoms with Crippen molar-refractivity contribution in [2.45, 2.75) is 6.29 Å². The molecule has 66 valence electrons. The Morgan fingerprint density at radius 3 is 2.58 bits per heavy atom. The molecule has 0 unspecified atom stereocenters. The van der Waals surface area contributed by atoms with Crippen LogP contribution in [-0.2, 0) is 9.47 Å². The molecule has 0 aliphatic heterocycles. The Bertz CT molecular complexity index is 253. The van der Waals surface area contributed by atoms with E-state index in [2.05, 4.69) is 9.97 Å². The van der Waals surface area contributed by atoms with E-state index in [-0.39, 0.29) is 5.28 Å². The van der Waals surface area contributed by atoms with E-state index in [1.165, 1.54) is 14.2 Å². The molecule has 0 fully saturated rings. The lowest BCUT2D eigenvalue weighted by Crippen LogP contribution is -2.06. The first kappa shape index (κ1) is 9.38. The minimum Gasteiger partial charge on any atom is -0.350 e. The zero-order chi connectivity index (χ0) is 8.97. The molecule has 0 radical (unpaired) electrons. The molecule has 0 saturated heterocycles. The molecule has 0 N–H and O–H groups in total. The lowest BCUT2D eigenvalue weighted by Gasteiger charge is -2.11. The van der Waals surface area contributed by atoms with Crippen LogP contribution in [0.3, 0.4) is 0 Å². The van der Waals surface area contributed by atoms with Gasteiger partial charge in [-0.05, 0) is 17.7 Å². The van der Waals surface area contributed by atoms with E-state index in [0.717, 1.165) is 0 Å². The van der Waals surface area contributed by atoms with Crippen molar-refractivity contribution in [3.63, 3.8) is 0 Å². The van der Waals surface area contributed by atoms with Crippen molar-refractivity contribution in [3.8, 4) is 0 Å². The number of nitrogens with zero attached hydrogens (tertiary/aromatic N) is 2. The third-order valence-electron chi connectivity index (χ3n) is 1.32. The van der Waals surface area contributed by atoms with Gasteiger partial charge in [-0.2, -0.15) is 0 Å². The maximum absolute atomic E-state index is 5.57. The van der Waals surface area contributed by atoms with Crippen LogP contribution in [0.4, 0.5) is 0 Å². The number of ether oxygens (including phenoxy) is 2. The molecule has 12 heavy (non-hydrogen) atoms.